The normalized spacial score (nSPS) is 14.8. The Morgan fingerprint density at radius 2 is 1.11 bits per heavy atom. The van der Waals surface area contributed by atoms with Gasteiger partial charge in [0.2, 0.25) is 3.79 Å². The molecule has 0 spiro atoms. The van der Waals surface area contributed by atoms with Crippen LogP contribution in [0.5, 0.6) is 0 Å². The Balaban J connectivity index is 4.96. The van der Waals surface area contributed by atoms with Crippen LogP contribution in [0.15, 0.2) is 0 Å². The molecule has 0 aliphatic rings. The fourth-order valence-electron chi connectivity index (χ4n) is 1.34. The second-order valence-electron chi connectivity index (χ2n) is 4.16. The average Bonchev–Trinajstić information content (AvgIpc) is 2.22. The minimum Gasteiger partial charge on any atom is -0.0982 e. The summed E-state index contributed by atoms with van der Waals surface area (Å²) in [6.07, 6.45) is 4.00. The molecule has 0 saturated heterocycles. The number of hydrogen-bond acceptors (Lipinski definition) is 0. The molecule has 0 atom stereocenters. The van der Waals surface area contributed by atoms with Gasteiger partial charge in [0.1, 0.15) is 0 Å². The van der Waals surface area contributed by atoms with Gasteiger partial charge in [0.05, 0.1) is 0 Å². The lowest BCUT2D eigenvalue weighted by atomic mass is 10.1. The zero-order valence-electron chi connectivity index (χ0n) is 9.94. The van der Waals surface area contributed by atoms with E-state index in [2.05, 4.69) is 6.92 Å². The van der Waals surface area contributed by atoms with E-state index in [1.807, 2.05) is 0 Å². The molecule has 0 aromatic rings. The molecular weight excluding hydrogens is 439 g/mol. The predicted molar refractivity (Wildman–Crippen MR) is 92.4 cm³/mol. The van der Waals surface area contributed by atoms with Gasteiger partial charge in [-0.05, 0) is 6.42 Å². The molecule has 0 heterocycles. The van der Waals surface area contributed by atoms with Gasteiger partial charge in [0, 0.05) is 0 Å². The first-order valence-corrected chi connectivity index (χ1v) is 8.91. The highest BCUT2D eigenvalue weighted by atomic mass is 35.6. The molecule has 0 fully saturated rings. The van der Waals surface area contributed by atoms with Gasteiger partial charge in [-0.1, -0.05) is 137 Å². The van der Waals surface area contributed by atoms with E-state index in [1.165, 1.54) is 0 Å². The van der Waals surface area contributed by atoms with Gasteiger partial charge in [-0.25, -0.2) is 0 Å². The van der Waals surface area contributed by atoms with Crippen molar-refractivity contribution in [2.24, 2.45) is 0 Å². The van der Waals surface area contributed by atoms with Crippen molar-refractivity contribution in [1.82, 2.24) is 0 Å². The first kappa shape index (κ1) is 21.6. The summed E-state index contributed by atoms with van der Waals surface area (Å²) < 4.78 is -8.05. The van der Waals surface area contributed by atoms with Crippen LogP contribution in [0.3, 0.4) is 0 Å². The van der Waals surface area contributed by atoms with E-state index >= 15 is 0 Å². The standard InChI is InChI=1S/C10H13Cl9/c1-2-3-4-5-6-7(11,12)8(13,14)9(15,16)10(17,18)19/h2-6H2,1H3. The van der Waals surface area contributed by atoms with Crippen molar-refractivity contribution in [3.63, 3.8) is 0 Å². The molecule has 9 heteroatoms. The zero-order chi connectivity index (χ0) is 15.5. The SMILES string of the molecule is CCCCCCC(Cl)(Cl)C(Cl)(Cl)C(Cl)(Cl)C(Cl)(Cl)Cl. The smallest absolute Gasteiger partial charge is 0.0982 e. The van der Waals surface area contributed by atoms with Gasteiger partial charge < -0.3 is 0 Å². The van der Waals surface area contributed by atoms with Crippen molar-refractivity contribution in [3.8, 4) is 0 Å². The molecule has 0 unspecified atom stereocenters. The third-order valence-corrected chi connectivity index (χ3v) is 8.05. The number of hydrogen-bond donors (Lipinski definition) is 0. The topological polar surface area (TPSA) is 0 Å². The minimum atomic E-state index is -2.18. The van der Waals surface area contributed by atoms with E-state index in [-0.39, 0.29) is 6.42 Å². The maximum absolute atomic E-state index is 6.15. The molecule has 0 rings (SSSR count). The van der Waals surface area contributed by atoms with Crippen LogP contribution in [-0.2, 0) is 0 Å². The Hall–Kier alpha value is 2.61. The van der Waals surface area contributed by atoms with Crippen molar-refractivity contribution in [2.45, 2.75) is 55.8 Å². The number of unbranched alkanes of at least 4 members (excludes halogenated alkanes) is 3. The molecule has 0 amide bonds. The molecule has 0 aromatic carbocycles. The van der Waals surface area contributed by atoms with Crippen molar-refractivity contribution >= 4 is 104 Å². The lowest BCUT2D eigenvalue weighted by Crippen LogP contribution is -2.56. The van der Waals surface area contributed by atoms with E-state index in [0.29, 0.717) is 6.42 Å². The molecule has 0 saturated carbocycles. The van der Waals surface area contributed by atoms with Crippen molar-refractivity contribution in [3.05, 3.63) is 0 Å². The molecule has 0 bridgehead atoms. The second-order valence-corrected chi connectivity index (χ2v) is 10.6. The molecular formula is C10H13Cl9. The van der Waals surface area contributed by atoms with Gasteiger partial charge in [0.25, 0.3) is 0 Å². The quantitative estimate of drug-likeness (QED) is 0.273. The van der Waals surface area contributed by atoms with Crippen molar-refractivity contribution in [2.75, 3.05) is 0 Å². The van der Waals surface area contributed by atoms with Crippen molar-refractivity contribution in [1.29, 1.82) is 0 Å². The van der Waals surface area contributed by atoms with Crippen LogP contribution in [0.1, 0.15) is 39.0 Å². The Morgan fingerprint density at radius 3 is 1.47 bits per heavy atom. The fraction of sp³-hybridized carbons (Fsp3) is 1.00. The van der Waals surface area contributed by atoms with E-state index in [1.54, 1.807) is 0 Å². The first-order valence-electron chi connectivity index (χ1n) is 5.51. The minimum absolute atomic E-state index is 0.269. The summed E-state index contributed by atoms with van der Waals surface area (Å²) >= 11 is 53.5. The van der Waals surface area contributed by atoms with Crippen LogP contribution in [0.4, 0.5) is 0 Å². The largest absolute Gasteiger partial charge is 0.226 e. The Morgan fingerprint density at radius 1 is 0.632 bits per heavy atom. The highest BCUT2D eigenvalue weighted by Gasteiger charge is 2.67. The predicted octanol–water partition coefficient (Wildman–Crippen LogP) is 7.85. The van der Waals surface area contributed by atoms with Crippen LogP contribution >= 0.6 is 104 Å². The highest BCUT2D eigenvalue weighted by Crippen LogP contribution is 2.63. The van der Waals surface area contributed by atoms with E-state index in [4.69, 9.17) is 104 Å². The van der Waals surface area contributed by atoms with E-state index < -0.39 is 16.8 Å². The Labute approximate surface area is 159 Å². The third kappa shape index (κ3) is 5.33. The lowest BCUT2D eigenvalue weighted by molar-refractivity contribution is 0.515. The van der Waals surface area contributed by atoms with Gasteiger partial charge >= 0.3 is 0 Å². The summed E-state index contributed by atoms with van der Waals surface area (Å²) in [5.74, 6) is 0. The summed E-state index contributed by atoms with van der Waals surface area (Å²) in [4.78, 5) is 0. The number of rotatable bonds is 7. The van der Waals surface area contributed by atoms with E-state index in [0.717, 1.165) is 19.3 Å². The summed E-state index contributed by atoms with van der Waals surface area (Å²) in [6, 6.07) is 0. The van der Waals surface area contributed by atoms with Gasteiger partial charge in [-0.2, -0.15) is 0 Å². The average molecular weight is 452 g/mol. The second kappa shape index (κ2) is 7.93. The summed E-state index contributed by atoms with van der Waals surface area (Å²) in [5.41, 5.74) is 0. The highest BCUT2D eigenvalue weighted by molar-refractivity contribution is 6.80. The third-order valence-electron chi connectivity index (χ3n) is 2.55. The van der Waals surface area contributed by atoms with Gasteiger partial charge in [-0.15, -0.1) is 0 Å². The van der Waals surface area contributed by atoms with Gasteiger partial charge in [-0.3, -0.25) is 0 Å². The molecule has 19 heavy (non-hydrogen) atoms. The van der Waals surface area contributed by atoms with Crippen LogP contribution < -0.4 is 0 Å². The number of halogens is 9. The molecule has 0 nitrogen and oxygen atoms in total. The van der Waals surface area contributed by atoms with Crippen LogP contribution in [0, 0.1) is 0 Å². The zero-order valence-corrected chi connectivity index (χ0v) is 16.7. The molecule has 0 aliphatic carbocycles. The molecule has 0 radical (unpaired) electrons. The summed E-state index contributed by atoms with van der Waals surface area (Å²) in [6.45, 7) is 2.08. The molecule has 0 N–H and O–H groups in total. The van der Waals surface area contributed by atoms with Crippen molar-refractivity contribution < 1.29 is 0 Å². The van der Waals surface area contributed by atoms with Crippen LogP contribution in [0.25, 0.3) is 0 Å². The molecule has 116 valence electrons. The molecule has 0 aromatic heterocycles. The summed E-state index contributed by atoms with van der Waals surface area (Å²) in [5, 5.41) is 0. The molecule has 0 aliphatic heterocycles. The summed E-state index contributed by atoms with van der Waals surface area (Å²) in [7, 11) is 0. The van der Waals surface area contributed by atoms with Crippen LogP contribution in [0.2, 0.25) is 0 Å². The Kier molecular flexibility index (Phi) is 9.02. The van der Waals surface area contributed by atoms with Gasteiger partial charge in [0.15, 0.2) is 13.0 Å². The van der Waals surface area contributed by atoms with Crippen LogP contribution in [-0.4, -0.2) is 16.8 Å². The Bertz CT molecular complexity index is 279. The monoisotopic (exact) mass is 448 g/mol. The van der Waals surface area contributed by atoms with E-state index in [9.17, 15) is 0 Å². The lowest BCUT2D eigenvalue weighted by Gasteiger charge is -2.44. The maximum Gasteiger partial charge on any atom is 0.226 e. The maximum atomic E-state index is 6.15. The number of alkyl halides is 9. The fourth-order valence-corrected chi connectivity index (χ4v) is 3.59. The first-order chi connectivity index (χ1) is 8.31.